The summed E-state index contributed by atoms with van der Waals surface area (Å²) in [6.07, 6.45) is 4.92. The minimum absolute atomic E-state index is 0.387. The number of nitrogens with zero attached hydrogens (tertiary/aromatic N) is 1. The second kappa shape index (κ2) is 6.87. The third kappa shape index (κ3) is 5.07. The van der Waals surface area contributed by atoms with Crippen LogP contribution in [0.2, 0.25) is 0 Å². The van der Waals surface area contributed by atoms with Crippen molar-refractivity contribution in [3.05, 3.63) is 0 Å². The predicted octanol–water partition coefficient (Wildman–Crippen LogP) is 2.45. The summed E-state index contributed by atoms with van der Waals surface area (Å²) in [5, 5.41) is 3.64. The van der Waals surface area contributed by atoms with Crippen molar-refractivity contribution in [2.45, 2.75) is 39.7 Å². The molecule has 3 heteroatoms. The number of rotatable bonds is 5. The number of nitrogens with one attached hydrogen (secondary N) is 1. The van der Waals surface area contributed by atoms with Gasteiger partial charge in [0, 0.05) is 25.7 Å². The first-order valence-corrected chi connectivity index (χ1v) is 7.88. The molecule has 0 bridgehead atoms. The Balaban J connectivity index is 2.23. The van der Waals surface area contributed by atoms with Crippen LogP contribution in [0.1, 0.15) is 33.6 Å². The molecule has 0 aromatic carbocycles. The highest BCUT2D eigenvalue weighted by atomic mass is 32.2. The van der Waals surface area contributed by atoms with Crippen molar-refractivity contribution < 1.29 is 0 Å². The molecule has 1 aliphatic heterocycles. The molecule has 0 radical (unpaired) electrons. The summed E-state index contributed by atoms with van der Waals surface area (Å²) in [6.45, 7) is 11.9. The topological polar surface area (TPSA) is 15.3 Å². The fraction of sp³-hybridized carbons (Fsp3) is 1.00. The van der Waals surface area contributed by atoms with Crippen molar-refractivity contribution in [3.63, 3.8) is 0 Å². The highest BCUT2D eigenvalue weighted by molar-refractivity contribution is 7.98. The summed E-state index contributed by atoms with van der Waals surface area (Å²) in [5.74, 6) is 1.31. The van der Waals surface area contributed by atoms with Crippen molar-refractivity contribution in [3.8, 4) is 0 Å². The summed E-state index contributed by atoms with van der Waals surface area (Å²) in [5.41, 5.74) is 0.387. The zero-order chi connectivity index (χ0) is 12.0. The van der Waals surface area contributed by atoms with E-state index in [-0.39, 0.29) is 0 Å². The average Bonchev–Trinajstić information content (AvgIpc) is 2.24. The van der Waals surface area contributed by atoms with E-state index in [0.717, 1.165) is 6.54 Å². The van der Waals surface area contributed by atoms with E-state index >= 15 is 0 Å². The van der Waals surface area contributed by atoms with E-state index in [2.05, 4.69) is 37.2 Å². The molecule has 0 aliphatic carbocycles. The van der Waals surface area contributed by atoms with Gasteiger partial charge in [0.2, 0.25) is 0 Å². The van der Waals surface area contributed by atoms with Crippen LogP contribution in [0.15, 0.2) is 0 Å². The Labute approximate surface area is 106 Å². The Morgan fingerprint density at radius 1 is 1.31 bits per heavy atom. The number of unbranched alkanes of at least 4 members (excludes halogenated alkanes) is 1. The van der Waals surface area contributed by atoms with E-state index in [1.54, 1.807) is 0 Å². The Morgan fingerprint density at radius 3 is 2.69 bits per heavy atom. The predicted molar refractivity (Wildman–Crippen MR) is 75.3 cm³/mol. The second-order valence-electron chi connectivity index (χ2n) is 5.87. The van der Waals surface area contributed by atoms with Crippen molar-refractivity contribution in [1.82, 2.24) is 10.2 Å². The molecule has 0 aromatic heterocycles. The third-order valence-electron chi connectivity index (χ3n) is 3.38. The largest absolute Gasteiger partial charge is 0.311 e. The van der Waals surface area contributed by atoms with Crippen LogP contribution in [0.3, 0.4) is 0 Å². The lowest BCUT2D eigenvalue weighted by Gasteiger charge is -2.40. The zero-order valence-electron chi connectivity index (χ0n) is 11.4. The quantitative estimate of drug-likeness (QED) is 0.748. The maximum atomic E-state index is 3.64. The minimum atomic E-state index is 0.387. The van der Waals surface area contributed by atoms with Gasteiger partial charge in [-0.05, 0) is 36.8 Å². The van der Waals surface area contributed by atoms with E-state index in [0.29, 0.717) is 11.5 Å². The Kier molecular flexibility index (Phi) is 6.16. The number of hydrogen-bond acceptors (Lipinski definition) is 3. The lowest BCUT2D eigenvalue weighted by Crippen LogP contribution is -2.55. The minimum Gasteiger partial charge on any atom is -0.311 e. The van der Waals surface area contributed by atoms with Gasteiger partial charge in [0.25, 0.3) is 0 Å². The van der Waals surface area contributed by atoms with Crippen molar-refractivity contribution >= 4 is 11.8 Å². The van der Waals surface area contributed by atoms with E-state index in [1.807, 2.05) is 11.8 Å². The molecule has 1 saturated heterocycles. The maximum absolute atomic E-state index is 3.64. The van der Waals surface area contributed by atoms with Crippen LogP contribution in [-0.4, -0.2) is 49.1 Å². The Bertz CT molecular complexity index is 189. The van der Waals surface area contributed by atoms with Crippen LogP contribution < -0.4 is 5.32 Å². The molecule has 0 aromatic rings. The van der Waals surface area contributed by atoms with Crippen molar-refractivity contribution in [1.29, 1.82) is 0 Å². The molecule has 0 saturated carbocycles. The molecule has 1 atom stereocenters. The highest BCUT2D eigenvalue weighted by Crippen LogP contribution is 2.21. The Morgan fingerprint density at radius 2 is 2.06 bits per heavy atom. The summed E-state index contributed by atoms with van der Waals surface area (Å²) in [7, 11) is 0. The van der Waals surface area contributed by atoms with Gasteiger partial charge < -0.3 is 10.2 Å². The van der Waals surface area contributed by atoms with Crippen molar-refractivity contribution in [2.75, 3.05) is 38.2 Å². The van der Waals surface area contributed by atoms with E-state index < -0.39 is 0 Å². The van der Waals surface area contributed by atoms with Gasteiger partial charge in [-0.2, -0.15) is 11.8 Å². The van der Waals surface area contributed by atoms with Gasteiger partial charge in [-0.3, -0.25) is 0 Å². The number of thioether (sulfide) groups is 1. The van der Waals surface area contributed by atoms with Gasteiger partial charge >= 0.3 is 0 Å². The van der Waals surface area contributed by atoms with Crippen LogP contribution in [-0.2, 0) is 0 Å². The van der Waals surface area contributed by atoms with Crippen LogP contribution in [0, 0.1) is 5.41 Å². The molecular formula is C13H28N2S. The second-order valence-corrected chi connectivity index (χ2v) is 6.86. The molecule has 96 valence electrons. The van der Waals surface area contributed by atoms with Gasteiger partial charge in [-0.25, -0.2) is 0 Å². The normalized spacial score (nSPS) is 23.6. The van der Waals surface area contributed by atoms with Crippen molar-refractivity contribution in [2.24, 2.45) is 5.41 Å². The van der Waals surface area contributed by atoms with Gasteiger partial charge in [0.1, 0.15) is 0 Å². The summed E-state index contributed by atoms with van der Waals surface area (Å²) >= 11 is 1.96. The number of hydrogen-bond donors (Lipinski definition) is 1. The van der Waals surface area contributed by atoms with Crippen LogP contribution in [0.5, 0.6) is 0 Å². The molecule has 1 fully saturated rings. The molecule has 0 spiro atoms. The third-order valence-corrected chi connectivity index (χ3v) is 4.07. The van der Waals surface area contributed by atoms with E-state index in [1.165, 1.54) is 38.2 Å². The van der Waals surface area contributed by atoms with Crippen LogP contribution in [0.4, 0.5) is 0 Å². The van der Waals surface area contributed by atoms with Gasteiger partial charge in [0.15, 0.2) is 0 Å². The monoisotopic (exact) mass is 244 g/mol. The van der Waals surface area contributed by atoms with Gasteiger partial charge in [-0.1, -0.05) is 20.8 Å². The average molecular weight is 244 g/mol. The summed E-state index contributed by atoms with van der Waals surface area (Å²) < 4.78 is 0. The molecule has 1 N–H and O–H groups in total. The molecule has 1 aliphatic rings. The summed E-state index contributed by atoms with van der Waals surface area (Å²) in [6, 6.07) is 0.654. The zero-order valence-corrected chi connectivity index (χ0v) is 12.2. The first kappa shape index (κ1) is 14.3. The fourth-order valence-electron chi connectivity index (χ4n) is 2.18. The van der Waals surface area contributed by atoms with E-state index in [9.17, 15) is 0 Å². The molecule has 1 unspecified atom stereocenters. The fourth-order valence-corrected chi connectivity index (χ4v) is 2.67. The van der Waals surface area contributed by atoms with Crippen LogP contribution >= 0.6 is 11.8 Å². The smallest absolute Gasteiger partial charge is 0.0244 e. The highest BCUT2D eigenvalue weighted by Gasteiger charge is 2.28. The molecule has 16 heavy (non-hydrogen) atoms. The Hall–Kier alpha value is 0.270. The van der Waals surface area contributed by atoms with Gasteiger partial charge in [0.05, 0.1) is 0 Å². The maximum Gasteiger partial charge on any atom is 0.0244 e. The number of piperazine rings is 1. The molecular weight excluding hydrogens is 216 g/mol. The lowest BCUT2D eigenvalue weighted by atomic mass is 9.85. The molecule has 1 heterocycles. The van der Waals surface area contributed by atoms with Crippen LogP contribution in [0.25, 0.3) is 0 Å². The first-order valence-electron chi connectivity index (χ1n) is 6.48. The SMILES string of the molecule is CSCCCCN1CCNC(C(C)(C)C)C1. The lowest BCUT2D eigenvalue weighted by molar-refractivity contribution is 0.133. The molecule has 2 nitrogen and oxygen atoms in total. The van der Waals surface area contributed by atoms with E-state index in [4.69, 9.17) is 0 Å². The summed E-state index contributed by atoms with van der Waals surface area (Å²) in [4.78, 5) is 2.63. The molecule has 1 rings (SSSR count). The standard InChI is InChI=1S/C13H28N2S/c1-13(2,3)12-11-15(9-7-14-12)8-5-6-10-16-4/h12,14H,5-11H2,1-4H3. The molecule has 0 amide bonds. The van der Waals surface area contributed by atoms with Gasteiger partial charge in [-0.15, -0.1) is 0 Å². The first-order chi connectivity index (χ1) is 7.54.